The van der Waals surface area contributed by atoms with Crippen LogP contribution in [0.25, 0.3) is 0 Å². The molecule has 0 aliphatic carbocycles. The minimum absolute atomic E-state index is 0.535. The fourth-order valence-electron chi connectivity index (χ4n) is 2.87. The van der Waals surface area contributed by atoms with Crippen LogP contribution in [0.1, 0.15) is 78.1 Å². The summed E-state index contributed by atoms with van der Waals surface area (Å²) < 4.78 is 0. The van der Waals surface area contributed by atoms with Gasteiger partial charge in [0.15, 0.2) is 0 Å². The van der Waals surface area contributed by atoms with Crippen LogP contribution in [0.4, 0.5) is 0 Å². The molecule has 0 heterocycles. The van der Waals surface area contributed by atoms with Gasteiger partial charge in [0.2, 0.25) is 0 Å². The standard InChI is InChI=1S/C17H38O2Si/c1-6-8-10-12-14-16(18)17(19,20(3,4)5)15-13-11-9-7-2/h16,18-19H,6-15H2,1-5H3/t16-,17-/m1/s1. The molecule has 0 spiro atoms. The fourth-order valence-corrected chi connectivity index (χ4v) is 4.94. The summed E-state index contributed by atoms with van der Waals surface area (Å²) in [6, 6.07) is 0. The van der Waals surface area contributed by atoms with Gasteiger partial charge in [-0.15, -0.1) is 0 Å². The van der Waals surface area contributed by atoms with Gasteiger partial charge in [-0.2, -0.15) is 0 Å². The van der Waals surface area contributed by atoms with Crippen molar-refractivity contribution in [1.82, 2.24) is 0 Å². The minimum atomic E-state index is -1.80. The van der Waals surface area contributed by atoms with Crippen molar-refractivity contribution in [2.45, 2.75) is 109 Å². The van der Waals surface area contributed by atoms with E-state index in [-0.39, 0.29) is 0 Å². The number of aliphatic hydroxyl groups excluding tert-OH is 1. The Kier molecular flexibility index (Phi) is 10.0. The third-order valence-electron chi connectivity index (χ3n) is 4.59. The first-order chi connectivity index (χ1) is 9.29. The van der Waals surface area contributed by atoms with E-state index in [1.807, 2.05) is 0 Å². The van der Waals surface area contributed by atoms with Crippen molar-refractivity contribution in [3.05, 3.63) is 0 Å². The summed E-state index contributed by atoms with van der Waals surface area (Å²) in [5.74, 6) is 0. The molecule has 0 aliphatic heterocycles. The van der Waals surface area contributed by atoms with Gasteiger partial charge in [-0.1, -0.05) is 84.9 Å². The van der Waals surface area contributed by atoms with Crippen LogP contribution in [-0.4, -0.2) is 29.6 Å². The molecule has 0 fully saturated rings. The molecule has 0 bridgehead atoms. The van der Waals surface area contributed by atoms with Crippen molar-refractivity contribution in [3.8, 4) is 0 Å². The number of hydrogen-bond donors (Lipinski definition) is 2. The van der Waals surface area contributed by atoms with Gasteiger partial charge in [0.25, 0.3) is 0 Å². The maximum absolute atomic E-state index is 11.1. The van der Waals surface area contributed by atoms with Crippen LogP contribution in [-0.2, 0) is 0 Å². The van der Waals surface area contributed by atoms with Crippen molar-refractivity contribution in [3.63, 3.8) is 0 Å². The molecule has 0 aromatic rings. The summed E-state index contributed by atoms with van der Waals surface area (Å²) in [5.41, 5.74) is 0. The number of aliphatic hydroxyl groups is 2. The first kappa shape index (κ1) is 20.1. The molecule has 20 heavy (non-hydrogen) atoms. The van der Waals surface area contributed by atoms with Crippen LogP contribution in [0.3, 0.4) is 0 Å². The zero-order chi connectivity index (χ0) is 15.6. The average molecular weight is 303 g/mol. The monoisotopic (exact) mass is 302 g/mol. The molecule has 0 unspecified atom stereocenters. The van der Waals surface area contributed by atoms with E-state index in [1.165, 1.54) is 38.5 Å². The van der Waals surface area contributed by atoms with E-state index in [0.717, 1.165) is 25.7 Å². The molecule has 2 nitrogen and oxygen atoms in total. The zero-order valence-corrected chi connectivity index (χ0v) is 15.5. The average Bonchev–Trinajstić information content (AvgIpc) is 2.38. The van der Waals surface area contributed by atoms with Crippen molar-refractivity contribution in [2.75, 3.05) is 0 Å². The molecule has 0 aliphatic rings. The predicted octanol–water partition coefficient (Wildman–Crippen LogP) is 4.90. The topological polar surface area (TPSA) is 40.5 Å². The van der Waals surface area contributed by atoms with Crippen LogP contribution in [0.5, 0.6) is 0 Å². The molecule has 0 aromatic heterocycles. The molecule has 0 rings (SSSR count). The maximum atomic E-state index is 11.1. The fraction of sp³-hybridized carbons (Fsp3) is 1.00. The van der Waals surface area contributed by atoms with E-state index < -0.39 is 19.4 Å². The Hall–Kier alpha value is 0.137. The Bertz CT molecular complexity index is 238. The summed E-state index contributed by atoms with van der Waals surface area (Å²) in [5, 5.41) is 20.8. The van der Waals surface area contributed by atoms with Crippen molar-refractivity contribution >= 4 is 8.07 Å². The van der Waals surface area contributed by atoms with Gasteiger partial charge in [-0.3, -0.25) is 0 Å². The lowest BCUT2D eigenvalue weighted by Gasteiger charge is -2.43. The molecule has 0 radical (unpaired) electrons. The smallest absolute Gasteiger partial charge is 0.0854 e. The number of unbranched alkanes of at least 4 members (excludes halogenated alkanes) is 6. The lowest BCUT2D eigenvalue weighted by Crippen LogP contribution is -2.60. The Morgan fingerprint density at radius 3 is 1.80 bits per heavy atom. The largest absolute Gasteiger partial charge is 0.391 e. The summed E-state index contributed by atoms with van der Waals surface area (Å²) in [6.45, 7) is 10.9. The van der Waals surface area contributed by atoms with Crippen LogP contribution in [0.2, 0.25) is 19.6 Å². The molecule has 2 atom stereocenters. The molecule has 3 heteroatoms. The SMILES string of the molecule is CCCCCC[C@@H](O)[C@@](O)(CCCCCC)[Si](C)(C)C. The van der Waals surface area contributed by atoms with Gasteiger partial charge in [0.05, 0.1) is 19.4 Å². The van der Waals surface area contributed by atoms with Gasteiger partial charge in [-0.25, -0.2) is 0 Å². The van der Waals surface area contributed by atoms with Gasteiger partial charge in [0, 0.05) is 0 Å². The Morgan fingerprint density at radius 1 is 0.850 bits per heavy atom. The maximum Gasteiger partial charge on any atom is 0.0854 e. The predicted molar refractivity (Wildman–Crippen MR) is 91.8 cm³/mol. The van der Waals surface area contributed by atoms with E-state index in [2.05, 4.69) is 33.5 Å². The second kappa shape index (κ2) is 9.96. The third-order valence-corrected chi connectivity index (χ3v) is 7.77. The summed E-state index contributed by atoms with van der Waals surface area (Å²) in [7, 11) is -1.80. The van der Waals surface area contributed by atoms with Crippen LogP contribution in [0, 0.1) is 0 Å². The van der Waals surface area contributed by atoms with Crippen molar-refractivity contribution in [2.24, 2.45) is 0 Å². The second-order valence-electron chi connectivity index (χ2n) is 7.35. The quantitative estimate of drug-likeness (QED) is 0.398. The van der Waals surface area contributed by atoms with Gasteiger partial charge in [-0.05, 0) is 12.8 Å². The normalized spacial score (nSPS) is 16.9. The zero-order valence-electron chi connectivity index (χ0n) is 14.5. The minimum Gasteiger partial charge on any atom is -0.391 e. The highest BCUT2D eigenvalue weighted by Crippen LogP contribution is 2.32. The van der Waals surface area contributed by atoms with Crippen LogP contribution in [0.15, 0.2) is 0 Å². The van der Waals surface area contributed by atoms with E-state index in [1.54, 1.807) is 0 Å². The summed E-state index contributed by atoms with van der Waals surface area (Å²) >= 11 is 0. The first-order valence-corrected chi connectivity index (χ1v) is 12.2. The molecule has 0 saturated carbocycles. The van der Waals surface area contributed by atoms with E-state index in [0.29, 0.717) is 0 Å². The van der Waals surface area contributed by atoms with Crippen molar-refractivity contribution < 1.29 is 10.2 Å². The van der Waals surface area contributed by atoms with E-state index in [9.17, 15) is 10.2 Å². The lowest BCUT2D eigenvalue weighted by molar-refractivity contribution is -0.0336. The molecular formula is C17H38O2Si. The van der Waals surface area contributed by atoms with Gasteiger partial charge >= 0.3 is 0 Å². The molecular weight excluding hydrogens is 264 g/mol. The highest BCUT2D eigenvalue weighted by Gasteiger charge is 2.46. The molecule has 122 valence electrons. The molecule has 2 N–H and O–H groups in total. The van der Waals surface area contributed by atoms with Crippen LogP contribution >= 0.6 is 0 Å². The van der Waals surface area contributed by atoms with E-state index >= 15 is 0 Å². The molecule has 0 aromatic carbocycles. The molecule has 0 saturated heterocycles. The number of rotatable bonds is 12. The summed E-state index contributed by atoms with van der Waals surface area (Å²) in [6.07, 6.45) is 10.3. The Morgan fingerprint density at radius 2 is 1.35 bits per heavy atom. The number of hydrogen-bond acceptors (Lipinski definition) is 2. The summed E-state index contributed by atoms with van der Waals surface area (Å²) in [4.78, 5) is 0. The molecule has 0 amide bonds. The van der Waals surface area contributed by atoms with Gasteiger partial charge < -0.3 is 10.2 Å². The highest BCUT2D eigenvalue weighted by molar-refractivity contribution is 6.79. The lowest BCUT2D eigenvalue weighted by atomic mass is 9.99. The highest BCUT2D eigenvalue weighted by atomic mass is 28.3. The Labute approximate surface area is 128 Å². The van der Waals surface area contributed by atoms with Gasteiger partial charge in [0.1, 0.15) is 0 Å². The van der Waals surface area contributed by atoms with Crippen molar-refractivity contribution in [1.29, 1.82) is 0 Å². The Balaban J connectivity index is 4.44. The third kappa shape index (κ3) is 6.73. The van der Waals surface area contributed by atoms with Crippen LogP contribution < -0.4 is 0 Å². The second-order valence-corrected chi connectivity index (χ2v) is 12.7. The van der Waals surface area contributed by atoms with E-state index in [4.69, 9.17) is 0 Å². The first-order valence-electron chi connectivity index (χ1n) is 8.70.